The van der Waals surface area contributed by atoms with Crippen molar-refractivity contribution in [3.05, 3.63) is 99.6 Å². The van der Waals surface area contributed by atoms with Crippen LogP contribution < -0.4 is 5.32 Å². The van der Waals surface area contributed by atoms with Gasteiger partial charge in [0.2, 0.25) is 5.91 Å². The molecule has 0 spiro atoms. The van der Waals surface area contributed by atoms with Crippen molar-refractivity contribution < 1.29 is 4.79 Å². The van der Waals surface area contributed by atoms with Gasteiger partial charge in [0.05, 0.1) is 5.41 Å². The number of amides is 1. The molecule has 0 radical (unpaired) electrons. The van der Waals surface area contributed by atoms with Crippen LogP contribution in [-0.2, 0) is 4.79 Å². The minimum absolute atomic E-state index is 0.0596. The first-order valence-electron chi connectivity index (χ1n) is 9.75. The zero-order chi connectivity index (χ0) is 19.5. The van der Waals surface area contributed by atoms with Gasteiger partial charge in [-0.25, -0.2) is 0 Å². The molecule has 0 saturated heterocycles. The lowest BCUT2D eigenvalue weighted by atomic mass is 9.52. The molecule has 1 atom stereocenters. The van der Waals surface area contributed by atoms with Crippen molar-refractivity contribution in [2.75, 3.05) is 5.32 Å². The smallest absolute Gasteiger partial charge is 0.231 e. The lowest BCUT2D eigenvalue weighted by molar-refractivity contribution is -0.126. The molecule has 3 aliphatic carbocycles. The highest BCUT2D eigenvalue weighted by Crippen LogP contribution is 2.61. The molecule has 0 aliphatic heterocycles. The number of rotatable bonds is 2. The van der Waals surface area contributed by atoms with Gasteiger partial charge in [0.1, 0.15) is 0 Å². The number of carbonyl (C=O) groups excluding carboxylic acids is 1. The summed E-state index contributed by atoms with van der Waals surface area (Å²) in [5.41, 5.74) is 6.51. The van der Waals surface area contributed by atoms with E-state index in [9.17, 15) is 4.79 Å². The van der Waals surface area contributed by atoms with Crippen molar-refractivity contribution in [2.24, 2.45) is 5.41 Å². The number of anilines is 1. The van der Waals surface area contributed by atoms with Gasteiger partial charge in [-0.05, 0) is 60.2 Å². The molecule has 1 unspecified atom stereocenters. The SMILES string of the molecule is Cc1c(Cl)cccc1NC(=O)C1(C)CC2c3ccccc3C1c1ccccc12. The molecule has 2 nitrogen and oxygen atoms in total. The first-order chi connectivity index (χ1) is 13.5. The maximum atomic E-state index is 13.6. The molecule has 3 aliphatic rings. The minimum atomic E-state index is -0.512. The molecule has 1 N–H and O–H groups in total. The molecule has 1 amide bonds. The summed E-state index contributed by atoms with van der Waals surface area (Å²) in [6.07, 6.45) is 0.817. The summed E-state index contributed by atoms with van der Waals surface area (Å²) < 4.78 is 0. The predicted octanol–water partition coefficient (Wildman–Crippen LogP) is 6.27. The molecule has 0 saturated carbocycles. The van der Waals surface area contributed by atoms with Gasteiger partial charge in [0.15, 0.2) is 0 Å². The Balaban J connectivity index is 1.61. The van der Waals surface area contributed by atoms with E-state index in [-0.39, 0.29) is 17.7 Å². The second-order valence-corrected chi connectivity index (χ2v) is 8.64. The second-order valence-electron chi connectivity index (χ2n) is 8.23. The topological polar surface area (TPSA) is 29.1 Å². The Hall–Kier alpha value is -2.58. The summed E-state index contributed by atoms with van der Waals surface area (Å²) in [6.45, 7) is 4.06. The van der Waals surface area contributed by atoms with Crippen LogP contribution in [-0.4, -0.2) is 5.91 Å². The highest BCUT2D eigenvalue weighted by molar-refractivity contribution is 6.31. The van der Waals surface area contributed by atoms with Gasteiger partial charge in [-0.2, -0.15) is 0 Å². The third-order valence-corrected chi connectivity index (χ3v) is 7.07. The van der Waals surface area contributed by atoms with Crippen LogP contribution in [0.5, 0.6) is 0 Å². The first kappa shape index (κ1) is 17.5. The molecule has 3 aromatic rings. The number of nitrogens with one attached hydrogen (secondary N) is 1. The van der Waals surface area contributed by atoms with Crippen molar-refractivity contribution in [1.29, 1.82) is 0 Å². The van der Waals surface area contributed by atoms with E-state index in [0.717, 1.165) is 17.7 Å². The number of hydrogen-bond acceptors (Lipinski definition) is 1. The van der Waals surface area contributed by atoms with Crippen molar-refractivity contribution in [2.45, 2.75) is 32.1 Å². The van der Waals surface area contributed by atoms with Crippen molar-refractivity contribution in [3.8, 4) is 0 Å². The van der Waals surface area contributed by atoms with Gasteiger partial charge in [-0.1, -0.05) is 66.2 Å². The molecule has 6 rings (SSSR count). The zero-order valence-corrected chi connectivity index (χ0v) is 16.8. The molecule has 0 fully saturated rings. The van der Waals surface area contributed by atoms with Crippen LogP contribution in [0.3, 0.4) is 0 Å². The second kappa shape index (κ2) is 6.22. The Morgan fingerprint density at radius 3 is 2.11 bits per heavy atom. The molecule has 28 heavy (non-hydrogen) atoms. The Morgan fingerprint density at radius 2 is 1.50 bits per heavy atom. The van der Waals surface area contributed by atoms with Gasteiger partial charge < -0.3 is 5.32 Å². The van der Waals surface area contributed by atoms with E-state index in [4.69, 9.17) is 11.6 Å². The predicted molar refractivity (Wildman–Crippen MR) is 114 cm³/mol. The van der Waals surface area contributed by atoms with Gasteiger partial charge in [-0.3, -0.25) is 4.79 Å². The highest BCUT2D eigenvalue weighted by atomic mass is 35.5. The average Bonchev–Trinajstić information content (AvgIpc) is 2.71. The molecule has 2 bridgehead atoms. The van der Waals surface area contributed by atoms with Crippen molar-refractivity contribution >= 4 is 23.2 Å². The molecule has 3 heteroatoms. The van der Waals surface area contributed by atoms with Crippen LogP contribution in [0.25, 0.3) is 0 Å². The van der Waals surface area contributed by atoms with E-state index in [1.54, 1.807) is 0 Å². The van der Waals surface area contributed by atoms with Gasteiger partial charge in [0, 0.05) is 22.5 Å². The summed E-state index contributed by atoms with van der Waals surface area (Å²) in [5, 5.41) is 3.85. The average molecular weight is 388 g/mol. The van der Waals surface area contributed by atoms with E-state index >= 15 is 0 Å². The lowest BCUT2D eigenvalue weighted by Crippen LogP contribution is -2.47. The number of halogens is 1. The normalized spacial score (nSPS) is 24.4. The largest absolute Gasteiger partial charge is 0.325 e. The van der Waals surface area contributed by atoms with Crippen LogP contribution in [0, 0.1) is 12.3 Å². The molecule has 3 aromatic carbocycles. The van der Waals surface area contributed by atoms with Gasteiger partial charge in [-0.15, -0.1) is 0 Å². The van der Waals surface area contributed by atoms with E-state index in [1.807, 2.05) is 25.1 Å². The summed E-state index contributed by atoms with van der Waals surface area (Å²) in [5.74, 6) is 0.384. The maximum Gasteiger partial charge on any atom is 0.231 e. The number of hydrogen-bond donors (Lipinski definition) is 1. The molecule has 140 valence electrons. The Morgan fingerprint density at radius 1 is 0.929 bits per heavy atom. The maximum absolute atomic E-state index is 13.6. The highest BCUT2D eigenvalue weighted by Gasteiger charge is 2.53. The summed E-state index contributed by atoms with van der Waals surface area (Å²) in [4.78, 5) is 13.6. The standard InChI is InChI=1S/C25H22ClNO/c1-15-21(26)12-7-13-22(15)27-24(28)25(2)14-20-16-8-3-5-10-18(16)23(25)19-11-6-4-9-17(19)20/h3-13,20,23H,14H2,1-2H3,(H,27,28). The third kappa shape index (κ3) is 2.37. The van der Waals surface area contributed by atoms with Crippen LogP contribution in [0.1, 0.15) is 53.0 Å². The van der Waals surface area contributed by atoms with Gasteiger partial charge >= 0.3 is 0 Å². The summed E-state index contributed by atoms with van der Waals surface area (Å²) >= 11 is 6.26. The van der Waals surface area contributed by atoms with E-state index in [2.05, 4.69) is 60.8 Å². The Kier molecular flexibility index (Phi) is 3.89. The van der Waals surface area contributed by atoms with Crippen molar-refractivity contribution in [1.82, 2.24) is 0 Å². The molecular formula is C25H22ClNO. The third-order valence-electron chi connectivity index (χ3n) is 6.66. The van der Waals surface area contributed by atoms with Crippen molar-refractivity contribution in [3.63, 3.8) is 0 Å². The fourth-order valence-electron chi connectivity index (χ4n) is 5.20. The number of benzene rings is 3. The van der Waals surface area contributed by atoms with Crippen LogP contribution in [0.15, 0.2) is 66.7 Å². The summed E-state index contributed by atoms with van der Waals surface area (Å²) in [7, 11) is 0. The number of carbonyl (C=O) groups is 1. The first-order valence-corrected chi connectivity index (χ1v) is 10.1. The van der Waals surface area contributed by atoms with E-state index in [0.29, 0.717) is 5.02 Å². The van der Waals surface area contributed by atoms with E-state index < -0.39 is 5.41 Å². The fraction of sp³-hybridized carbons (Fsp3) is 0.240. The minimum Gasteiger partial charge on any atom is -0.325 e. The van der Waals surface area contributed by atoms with Gasteiger partial charge in [0.25, 0.3) is 0 Å². The Bertz CT molecular complexity index is 1060. The quantitative estimate of drug-likeness (QED) is 0.551. The Labute approximate surface area is 170 Å². The monoisotopic (exact) mass is 387 g/mol. The summed E-state index contributed by atoms with van der Waals surface area (Å²) in [6, 6.07) is 22.9. The molecule has 0 aromatic heterocycles. The van der Waals surface area contributed by atoms with Crippen LogP contribution in [0.4, 0.5) is 5.69 Å². The van der Waals surface area contributed by atoms with Crippen LogP contribution >= 0.6 is 11.6 Å². The van der Waals surface area contributed by atoms with E-state index in [1.165, 1.54) is 22.3 Å². The zero-order valence-electron chi connectivity index (χ0n) is 16.0. The fourth-order valence-corrected chi connectivity index (χ4v) is 5.37. The molecular weight excluding hydrogens is 366 g/mol. The van der Waals surface area contributed by atoms with Crippen LogP contribution in [0.2, 0.25) is 5.02 Å². The lowest BCUT2D eigenvalue weighted by Gasteiger charge is -2.50. The number of fused-ring (bicyclic) bond motifs is 1. The molecule has 0 heterocycles.